The molecule has 6 N–H and O–H groups in total. The van der Waals surface area contributed by atoms with Gasteiger partial charge in [0.05, 0.1) is 0 Å². The first-order chi connectivity index (χ1) is 10.7. The van der Waals surface area contributed by atoms with Gasteiger partial charge in [0.15, 0.2) is 0 Å². The summed E-state index contributed by atoms with van der Waals surface area (Å²) in [6, 6.07) is 19.5. The molecule has 0 fully saturated rings. The number of aliphatic hydroxyl groups excluding tert-OH is 2. The monoisotopic (exact) mass is 302 g/mol. The maximum atomic E-state index is 8.62. The van der Waals surface area contributed by atoms with E-state index in [-0.39, 0.29) is 25.3 Å². The Morgan fingerprint density at radius 1 is 0.636 bits per heavy atom. The topological polar surface area (TPSA) is 92.5 Å². The van der Waals surface area contributed by atoms with E-state index in [2.05, 4.69) is 0 Å². The summed E-state index contributed by atoms with van der Waals surface area (Å²) in [5.41, 5.74) is 13.7. The lowest BCUT2D eigenvalue weighted by Gasteiger charge is -2.08. The molecule has 0 bridgehead atoms. The molecule has 120 valence electrons. The van der Waals surface area contributed by atoms with Gasteiger partial charge in [-0.15, -0.1) is 0 Å². The highest BCUT2D eigenvalue weighted by atomic mass is 16.3. The molecule has 2 aromatic carbocycles. The van der Waals surface area contributed by atoms with Crippen LogP contribution in [-0.4, -0.2) is 23.4 Å². The van der Waals surface area contributed by atoms with E-state index in [4.69, 9.17) is 21.7 Å². The fourth-order valence-corrected chi connectivity index (χ4v) is 2.01. The second-order valence-electron chi connectivity index (χ2n) is 5.06. The normalized spacial score (nSPS) is 12.9. The van der Waals surface area contributed by atoms with Crippen molar-refractivity contribution < 1.29 is 10.2 Å². The summed E-state index contributed by atoms with van der Waals surface area (Å²) in [7, 11) is 0. The van der Waals surface area contributed by atoms with Crippen LogP contribution in [0, 0.1) is 0 Å². The molecule has 0 aromatic heterocycles. The molecule has 0 saturated carbocycles. The predicted molar refractivity (Wildman–Crippen MR) is 90.1 cm³/mol. The van der Waals surface area contributed by atoms with Crippen LogP contribution in [-0.2, 0) is 0 Å². The molecule has 2 aromatic rings. The zero-order chi connectivity index (χ0) is 16.2. The summed E-state index contributed by atoms with van der Waals surface area (Å²) in [6.45, 7) is 0.298. The summed E-state index contributed by atoms with van der Waals surface area (Å²) in [5.74, 6) is 0. The average molecular weight is 302 g/mol. The van der Waals surface area contributed by atoms with Gasteiger partial charge in [-0.3, -0.25) is 0 Å². The van der Waals surface area contributed by atoms with Crippen LogP contribution in [0.1, 0.15) is 36.1 Å². The van der Waals surface area contributed by atoms with Gasteiger partial charge in [-0.25, -0.2) is 0 Å². The Balaban J connectivity index is 0.000000220. The SMILES string of the molecule is N[C@@H](CCO)c1ccccc1.N[C@@H](CCO)c1ccccc1. The van der Waals surface area contributed by atoms with Crippen LogP contribution in [0.15, 0.2) is 60.7 Å². The van der Waals surface area contributed by atoms with Crippen molar-refractivity contribution in [2.45, 2.75) is 24.9 Å². The van der Waals surface area contributed by atoms with E-state index in [0.29, 0.717) is 12.8 Å². The number of rotatable bonds is 6. The second-order valence-corrected chi connectivity index (χ2v) is 5.06. The van der Waals surface area contributed by atoms with Crippen molar-refractivity contribution in [2.24, 2.45) is 11.5 Å². The van der Waals surface area contributed by atoms with Crippen LogP contribution in [0.2, 0.25) is 0 Å². The van der Waals surface area contributed by atoms with Gasteiger partial charge in [0.2, 0.25) is 0 Å². The zero-order valence-corrected chi connectivity index (χ0v) is 12.8. The van der Waals surface area contributed by atoms with Gasteiger partial charge >= 0.3 is 0 Å². The Labute approximate surface area is 132 Å². The summed E-state index contributed by atoms with van der Waals surface area (Å²) >= 11 is 0. The largest absolute Gasteiger partial charge is 0.396 e. The van der Waals surface area contributed by atoms with Crippen molar-refractivity contribution >= 4 is 0 Å². The first kappa shape index (κ1) is 18.3. The minimum absolute atomic E-state index is 0.0267. The summed E-state index contributed by atoms with van der Waals surface area (Å²) in [5, 5.41) is 17.2. The van der Waals surface area contributed by atoms with Crippen LogP contribution in [0.4, 0.5) is 0 Å². The van der Waals surface area contributed by atoms with Gasteiger partial charge in [-0.1, -0.05) is 60.7 Å². The average Bonchev–Trinajstić information content (AvgIpc) is 2.57. The first-order valence-electron chi connectivity index (χ1n) is 7.51. The third-order valence-electron chi connectivity index (χ3n) is 3.34. The van der Waals surface area contributed by atoms with Crippen molar-refractivity contribution in [1.29, 1.82) is 0 Å². The third kappa shape index (κ3) is 6.83. The molecule has 0 radical (unpaired) electrons. The molecule has 0 unspecified atom stereocenters. The minimum Gasteiger partial charge on any atom is -0.396 e. The molecule has 4 heteroatoms. The van der Waals surface area contributed by atoms with Gasteiger partial charge < -0.3 is 21.7 Å². The van der Waals surface area contributed by atoms with E-state index in [0.717, 1.165) is 11.1 Å². The van der Waals surface area contributed by atoms with Crippen molar-refractivity contribution in [3.63, 3.8) is 0 Å². The molecule has 0 saturated heterocycles. The molecule has 4 nitrogen and oxygen atoms in total. The lowest BCUT2D eigenvalue weighted by molar-refractivity contribution is 0.276. The number of benzene rings is 2. The highest BCUT2D eigenvalue weighted by molar-refractivity contribution is 5.18. The molecule has 0 spiro atoms. The Hall–Kier alpha value is -1.72. The fourth-order valence-electron chi connectivity index (χ4n) is 2.01. The first-order valence-corrected chi connectivity index (χ1v) is 7.51. The van der Waals surface area contributed by atoms with Gasteiger partial charge in [-0.2, -0.15) is 0 Å². The highest BCUT2D eigenvalue weighted by Crippen LogP contribution is 2.12. The molecule has 0 heterocycles. The molecule has 0 aliphatic heterocycles. The zero-order valence-electron chi connectivity index (χ0n) is 12.8. The lowest BCUT2D eigenvalue weighted by atomic mass is 10.1. The Bertz CT molecular complexity index is 443. The molecule has 2 atom stereocenters. The smallest absolute Gasteiger partial charge is 0.0449 e. The van der Waals surface area contributed by atoms with E-state index >= 15 is 0 Å². The van der Waals surface area contributed by atoms with Gasteiger partial charge in [0.1, 0.15) is 0 Å². The van der Waals surface area contributed by atoms with Crippen LogP contribution in [0.3, 0.4) is 0 Å². The Morgan fingerprint density at radius 2 is 0.955 bits per heavy atom. The van der Waals surface area contributed by atoms with E-state index in [1.54, 1.807) is 0 Å². The summed E-state index contributed by atoms with van der Waals surface area (Å²) < 4.78 is 0. The quantitative estimate of drug-likeness (QED) is 0.658. The predicted octanol–water partition coefficient (Wildman–Crippen LogP) is 2.14. The summed E-state index contributed by atoms with van der Waals surface area (Å²) in [6.07, 6.45) is 1.26. The second kappa shape index (κ2) is 10.9. The molecule has 2 rings (SSSR count). The maximum Gasteiger partial charge on any atom is 0.0449 e. The van der Waals surface area contributed by atoms with Crippen LogP contribution >= 0.6 is 0 Å². The third-order valence-corrected chi connectivity index (χ3v) is 3.34. The van der Waals surface area contributed by atoms with E-state index in [9.17, 15) is 0 Å². The van der Waals surface area contributed by atoms with Crippen molar-refractivity contribution in [3.8, 4) is 0 Å². The minimum atomic E-state index is -0.0267. The van der Waals surface area contributed by atoms with Crippen LogP contribution in [0.5, 0.6) is 0 Å². The van der Waals surface area contributed by atoms with Gasteiger partial charge in [-0.05, 0) is 24.0 Å². The van der Waals surface area contributed by atoms with E-state index in [1.165, 1.54) is 0 Å². The van der Waals surface area contributed by atoms with Crippen molar-refractivity contribution in [3.05, 3.63) is 71.8 Å². The van der Waals surface area contributed by atoms with E-state index in [1.807, 2.05) is 60.7 Å². The molecular formula is C18H26N2O2. The lowest BCUT2D eigenvalue weighted by Crippen LogP contribution is -2.11. The molecule has 0 amide bonds. The molecule has 22 heavy (non-hydrogen) atoms. The van der Waals surface area contributed by atoms with Gasteiger partial charge in [0.25, 0.3) is 0 Å². The molecular weight excluding hydrogens is 276 g/mol. The number of hydrogen-bond acceptors (Lipinski definition) is 4. The van der Waals surface area contributed by atoms with Crippen LogP contribution in [0.25, 0.3) is 0 Å². The Morgan fingerprint density at radius 3 is 1.23 bits per heavy atom. The number of aliphatic hydroxyl groups is 2. The standard InChI is InChI=1S/2C9H13NO/c2*10-9(6-7-11)8-4-2-1-3-5-8/h2*1-5,9,11H,6-7,10H2/t2*9-/m00/s1. The number of hydrogen-bond donors (Lipinski definition) is 4. The maximum absolute atomic E-state index is 8.62. The van der Waals surface area contributed by atoms with E-state index < -0.39 is 0 Å². The molecule has 0 aliphatic rings. The van der Waals surface area contributed by atoms with Crippen molar-refractivity contribution in [2.75, 3.05) is 13.2 Å². The Kier molecular flexibility index (Phi) is 9.11. The molecule has 0 aliphatic carbocycles. The highest BCUT2D eigenvalue weighted by Gasteiger charge is 2.03. The van der Waals surface area contributed by atoms with Gasteiger partial charge in [0, 0.05) is 25.3 Å². The summed E-state index contributed by atoms with van der Waals surface area (Å²) in [4.78, 5) is 0. The van der Waals surface area contributed by atoms with Crippen molar-refractivity contribution in [1.82, 2.24) is 0 Å². The number of nitrogens with two attached hydrogens (primary N) is 2. The fraction of sp³-hybridized carbons (Fsp3) is 0.333. The van der Waals surface area contributed by atoms with Crippen LogP contribution < -0.4 is 11.5 Å².